The quantitative estimate of drug-likeness (QED) is 0.600. The van der Waals surface area contributed by atoms with E-state index in [9.17, 15) is 0 Å². The Balaban J connectivity index is 2.04. The van der Waals surface area contributed by atoms with Crippen molar-refractivity contribution in [3.05, 3.63) is 0 Å². The van der Waals surface area contributed by atoms with Gasteiger partial charge < -0.3 is 9.47 Å². The van der Waals surface area contributed by atoms with Gasteiger partial charge in [-0.2, -0.15) is 0 Å². The predicted molar refractivity (Wildman–Crippen MR) is 50.4 cm³/mol. The van der Waals surface area contributed by atoms with Crippen LogP contribution < -0.4 is 0 Å². The lowest BCUT2D eigenvalue weighted by Crippen LogP contribution is -2.49. The molecule has 2 saturated heterocycles. The predicted octanol–water partition coefficient (Wildman–Crippen LogP) is 2.46. The number of halogens is 1. The summed E-state index contributed by atoms with van der Waals surface area (Å²) in [5.41, 5.74) is 0. The highest BCUT2D eigenvalue weighted by molar-refractivity contribution is 9.09. The zero-order chi connectivity index (χ0) is 8.44. The van der Waals surface area contributed by atoms with Crippen LogP contribution in [-0.2, 0) is 9.47 Å². The normalized spacial score (nSPS) is 43.2. The van der Waals surface area contributed by atoms with Crippen LogP contribution >= 0.6 is 15.9 Å². The average molecular weight is 235 g/mol. The topological polar surface area (TPSA) is 18.5 Å². The van der Waals surface area contributed by atoms with E-state index in [1.54, 1.807) is 0 Å². The van der Waals surface area contributed by atoms with E-state index in [-0.39, 0.29) is 5.79 Å². The first-order valence-electron chi connectivity index (χ1n) is 4.75. The zero-order valence-electron chi connectivity index (χ0n) is 7.22. The largest absolute Gasteiger partial charge is 0.349 e. The summed E-state index contributed by atoms with van der Waals surface area (Å²) in [6.45, 7) is 1.73. The summed E-state index contributed by atoms with van der Waals surface area (Å²) >= 11 is 3.66. The molecule has 0 unspecified atom stereocenters. The van der Waals surface area contributed by atoms with E-state index in [2.05, 4.69) is 15.9 Å². The third-order valence-corrected chi connectivity index (χ3v) is 3.85. The number of rotatable bonds is 0. The van der Waals surface area contributed by atoms with Crippen LogP contribution in [0, 0.1) is 0 Å². The molecule has 2 atom stereocenters. The summed E-state index contributed by atoms with van der Waals surface area (Å²) < 4.78 is 11.5. The maximum absolute atomic E-state index is 5.75. The molecular formula is C9H15BrO2. The third kappa shape index (κ3) is 1.54. The van der Waals surface area contributed by atoms with Gasteiger partial charge in [-0.3, -0.25) is 0 Å². The molecule has 12 heavy (non-hydrogen) atoms. The summed E-state index contributed by atoms with van der Waals surface area (Å²) in [7, 11) is 0. The smallest absolute Gasteiger partial charge is 0.180 e. The van der Waals surface area contributed by atoms with Crippen LogP contribution in [-0.4, -0.2) is 23.8 Å². The maximum atomic E-state index is 5.75. The molecule has 2 rings (SSSR count). The SMILES string of the molecule is Br[C@H]1CCCO[C@]12CCCCO2. The second-order valence-corrected chi connectivity index (χ2v) is 4.68. The van der Waals surface area contributed by atoms with Gasteiger partial charge in [0.05, 0.1) is 18.0 Å². The molecule has 2 aliphatic heterocycles. The molecule has 0 aromatic rings. The van der Waals surface area contributed by atoms with E-state index >= 15 is 0 Å². The van der Waals surface area contributed by atoms with Gasteiger partial charge in [0, 0.05) is 6.42 Å². The van der Waals surface area contributed by atoms with Crippen LogP contribution in [0.5, 0.6) is 0 Å². The molecule has 0 aliphatic carbocycles. The Morgan fingerprint density at radius 1 is 1.08 bits per heavy atom. The highest BCUT2D eigenvalue weighted by Crippen LogP contribution is 2.38. The lowest BCUT2D eigenvalue weighted by Gasteiger charge is -2.43. The molecule has 0 aromatic heterocycles. The van der Waals surface area contributed by atoms with Crippen LogP contribution in [0.1, 0.15) is 32.1 Å². The van der Waals surface area contributed by atoms with Gasteiger partial charge in [0.2, 0.25) is 0 Å². The summed E-state index contributed by atoms with van der Waals surface area (Å²) in [6.07, 6.45) is 5.82. The van der Waals surface area contributed by atoms with Crippen molar-refractivity contribution in [1.82, 2.24) is 0 Å². The minimum Gasteiger partial charge on any atom is -0.349 e. The highest BCUT2D eigenvalue weighted by atomic mass is 79.9. The van der Waals surface area contributed by atoms with Crippen molar-refractivity contribution in [2.75, 3.05) is 13.2 Å². The standard InChI is InChI=1S/C9H15BrO2/c10-8-4-3-7-12-9(8)5-1-2-6-11-9/h8H,1-7H2/t8-,9+/m0/s1. The maximum Gasteiger partial charge on any atom is 0.180 e. The summed E-state index contributed by atoms with van der Waals surface area (Å²) in [5, 5.41) is 0. The molecule has 2 aliphatic rings. The molecule has 0 radical (unpaired) electrons. The van der Waals surface area contributed by atoms with Crippen molar-refractivity contribution >= 4 is 15.9 Å². The number of ether oxygens (including phenoxy) is 2. The molecule has 2 heterocycles. The lowest BCUT2D eigenvalue weighted by molar-refractivity contribution is -0.266. The van der Waals surface area contributed by atoms with E-state index in [4.69, 9.17) is 9.47 Å². The number of alkyl halides is 1. The van der Waals surface area contributed by atoms with Crippen LogP contribution in [0.3, 0.4) is 0 Å². The first-order valence-corrected chi connectivity index (χ1v) is 5.67. The van der Waals surface area contributed by atoms with Crippen LogP contribution in [0.4, 0.5) is 0 Å². The molecule has 2 fully saturated rings. The van der Waals surface area contributed by atoms with Crippen LogP contribution in [0.25, 0.3) is 0 Å². The Kier molecular flexibility index (Phi) is 2.72. The Morgan fingerprint density at radius 2 is 1.83 bits per heavy atom. The molecule has 0 aromatic carbocycles. The number of hydrogen-bond acceptors (Lipinski definition) is 2. The minimum absolute atomic E-state index is 0.267. The first kappa shape index (κ1) is 8.97. The van der Waals surface area contributed by atoms with Gasteiger partial charge in [-0.1, -0.05) is 15.9 Å². The molecule has 70 valence electrons. The van der Waals surface area contributed by atoms with Gasteiger partial charge in [0.15, 0.2) is 5.79 Å². The monoisotopic (exact) mass is 234 g/mol. The fourth-order valence-electron chi connectivity index (χ4n) is 1.97. The van der Waals surface area contributed by atoms with E-state index < -0.39 is 0 Å². The fraction of sp³-hybridized carbons (Fsp3) is 1.00. The van der Waals surface area contributed by atoms with E-state index in [0.717, 1.165) is 26.1 Å². The third-order valence-electron chi connectivity index (χ3n) is 2.69. The molecule has 2 nitrogen and oxygen atoms in total. The van der Waals surface area contributed by atoms with E-state index in [1.165, 1.54) is 19.3 Å². The molecule has 0 bridgehead atoms. The van der Waals surface area contributed by atoms with Gasteiger partial charge in [-0.15, -0.1) is 0 Å². The highest BCUT2D eigenvalue weighted by Gasteiger charge is 2.42. The molecule has 3 heteroatoms. The van der Waals surface area contributed by atoms with Crippen molar-refractivity contribution in [3.8, 4) is 0 Å². The summed E-state index contributed by atoms with van der Waals surface area (Å²) in [4.78, 5) is 0.402. The van der Waals surface area contributed by atoms with Gasteiger partial charge in [0.1, 0.15) is 0 Å². The van der Waals surface area contributed by atoms with Crippen molar-refractivity contribution in [2.24, 2.45) is 0 Å². The Hall–Kier alpha value is 0.400. The van der Waals surface area contributed by atoms with Crippen LogP contribution in [0.2, 0.25) is 0 Å². The van der Waals surface area contributed by atoms with Gasteiger partial charge in [0.25, 0.3) is 0 Å². The van der Waals surface area contributed by atoms with Crippen molar-refractivity contribution in [1.29, 1.82) is 0 Å². The van der Waals surface area contributed by atoms with Crippen molar-refractivity contribution in [3.63, 3.8) is 0 Å². The average Bonchev–Trinajstić information content (AvgIpc) is 2.12. The Bertz CT molecular complexity index is 146. The molecule has 1 spiro atoms. The lowest BCUT2D eigenvalue weighted by atomic mass is 9.97. The summed E-state index contributed by atoms with van der Waals surface area (Å²) in [5.74, 6) is -0.267. The Labute approximate surface area is 81.7 Å². The van der Waals surface area contributed by atoms with Gasteiger partial charge in [-0.25, -0.2) is 0 Å². The first-order chi connectivity index (χ1) is 5.83. The van der Waals surface area contributed by atoms with Crippen molar-refractivity contribution in [2.45, 2.75) is 42.7 Å². The summed E-state index contributed by atoms with van der Waals surface area (Å²) in [6, 6.07) is 0. The second kappa shape index (κ2) is 3.64. The fourth-order valence-corrected chi connectivity index (χ4v) is 2.79. The van der Waals surface area contributed by atoms with Gasteiger partial charge in [-0.05, 0) is 25.7 Å². The number of hydrogen-bond donors (Lipinski definition) is 0. The Morgan fingerprint density at radius 3 is 2.42 bits per heavy atom. The molecular weight excluding hydrogens is 220 g/mol. The molecule has 0 N–H and O–H groups in total. The molecule has 0 saturated carbocycles. The van der Waals surface area contributed by atoms with E-state index in [1.807, 2.05) is 0 Å². The second-order valence-electron chi connectivity index (χ2n) is 3.58. The van der Waals surface area contributed by atoms with Crippen molar-refractivity contribution < 1.29 is 9.47 Å². The molecule has 0 amide bonds. The minimum atomic E-state index is -0.267. The zero-order valence-corrected chi connectivity index (χ0v) is 8.81. The van der Waals surface area contributed by atoms with E-state index in [0.29, 0.717) is 4.83 Å². The van der Waals surface area contributed by atoms with Gasteiger partial charge >= 0.3 is 0 Å². The van der Waals surface area contributed by atoms with Crippen LogP contribution in [0.15, 0.2) is 0 Å².